The number of methoxy groups -OCH3 is 2. The lowest BCUT2D eigenvalue weighted by Crippen LogP contribution is -2.25. The smallest absolute Gasteiger partial charge is 0.264 e. The molecule has 5 heteroatoms. The Morgan fingerprint density at radius 1 is 1.21 bits per heavy atom. The molecule has 0 fully saturated rings. The molecule has 1 aromatic heterocycles. The summed E-state index contributed by atoms with van der Waals surface area (Å²) in [6, 6.07) is 9.18. The minimum atomic E-state index is -0.307. The van der Waals surface area contributed by atoms with Gasteiger partial charge in [0.2, 0.25) is 0 Å². The fourth-order valence-electron chi connectivity index (χ4n) is 2.66. The van der Waals surface area contributed by atoms with Crippen LogP contribution in [0.5, 0.6) is 5.75 Å². The van der Waals surface area contributed by atoms with Crippen LogP contribution in [-0.2, 0) is 4.74 Å². The van der Waals surface area contributed by atoms with Crippen LogP contribution in [0.3, 0.4) is 0 Å². The van der Waals surface area contributed by atoms with Crippen molar-refractivity contribution in [1.29, 1.82) is 0 Å². The summed E-state index contributed by atoms with van der Waals surface area (Å²) in [5.74, 6) is 0.775. The summed E-state index contributed by atoms with van der Waals surface area (Å²) in [5.41, 5.74) is 2.88. The van der Waals surface area contributed by atoms with Gasteiger partial charge in [0.1, 0.15) is 5.75 Å². The molecule has 5 nitrogen and oxygen atoms in total. The quantitative estimate of drug-likeness (QED) is 0.938. The number of hydrogen-bond donors (Lipinski definition) is 1. The Kier molecular flexibility index (Phi) is 4.36. The Hall–Kier alpha value is -2.66. The Labute approximate surface area is 140 Å². The molecule has 3 rings (SSSR count). The summed E-state index contributed by atoms with van der Waals surface area (Å²) in [4.78, 5) is 11.8. The van der Waals surface area contributed by atoms with E-state index in [2.05, 4.69) is 16.3 Å². The van der Waals surface area contributed by atoms with Crippen LogP contribution in [0.15, 0.2) is 53.4 Å². The monoisotopic (exact) mass is 324 g/mol. The topological polar surface area (TPSA) is 64.2 Å². The van der Waals surface area contributed by atoms with Gasteiger partial charge in [0.05, 0.1) is 18.4 Å². The normalized spacial score (nSPS) is 19.9. The minimum Gasteiger partial charge on any atom is -0.497 e. The SMILES string of the molecule is COc1ccc(-c2n[nH]c(=O)cc2C2=CCC(C)(OC)C=C2)cc1. The lowest BCUT2D eigenvalue weighted by atomic mass is 9.89. The largest absolute Gasteiger partial charge is 0.497 e. The Bertz CT molecular complexity index is 850. The molecule has 0 spiro atoms. The van der Waals surface area contributed by atoms with Crippen molar-refractivity contribution < 1.29 is 9.47 Å². The summed E-state index contributed by atoms with van der Waals surface area (Å²) in [7, 11) is 3.32. The molecule has 0 saturated carbocycles. The van der Waals surface area contributed by atoms with Crippen molar-refractivity contribution in [2.24, 2.45) is 0 Å². The molecule has 1 aromatic carbocycles. The second-order valence-electron chi connectivity index (χ2n) is 5.94. The van der Waals surface area contributed by atoms with Crippen molar-refractivity contribution in [3.8, 4) is 17.0 Å². The number of benzene rings is 1. The van der Waals surface area contributed by atoms with Crippen LogP contribution in [-0.4, -0.2) is 30.0 Å². The van der Waals surface area contributed by atoms with Gasteiger partial charge in [0.25, 0.3) is 5.56 Å². The van der Waals surface area contributed by atoms with E-state index in [1.54, 1.807) is 20.3 Å². The number of H-pyrrole nitrogens is 1. The van der Waals surface area contributed by atoms with Gasteiger partial charge >= 0.3 is 0 Å². The van der Waals surface area contributed by atoms with Crippen molar-refractivity contribution in [2.45, 2.75) is 18.9 Å². The van der Waals surface area contributed by atoms with Crippen LogP contribution in [0.2, 0.25) is 0 Å². The molecular formula is C19H20N2O3. The number of nitrogens with one attached hydrogen (secondary N) is 1. The zero-order valence-electron chi connectivity index (χ0n) is 14.0. The molecule has 24 heavy (non-hydrogen) atoms. The third-order valence-electron chi connectivity index (χ3n) is 4.29. The molecule has 2 aromatic rings. The Morgan fingerprint density at radius 3 is 2.54 bits per heavy atom. The highest BCUT2D eigenvalue weighted by Crippen LogP contribution is 2.32. The summed E-state index contributed by atoms with van der Waals surface area (Å²) < 4.78 is 10.7. The Balaban J connectivity index is 2.04. The summed E-state index contributed by atoms with van der Waals surface area (Å²) in [6.07, 6.45) is 6.81. The van der Waals surface area contributed by atoms with Crippen LogP contribution in [0, 0.1) is 0 Å². The highest BCUT2D eigenvalue weighted by molar-refractivity contribution is 5.84. The van der Waals surface area contributed by atoms with Gasteiger partial charge in [-0.25, -0.2) is 5.10 Å². The molecule has 1 N–H and O–H groups in total. The van der Waals surface area contributed by atoms with Crippen LogP contribution < -0.4 is 10.3 Å². The van der Waals surface area contributed by atoms with E-state index in [-0.39, 0.29) is 11.2 Å². The third kappa shape index (κ3) is 3.16. The van der Waals surface area contributed by atoms with E-state index in [9.17, 15) is 4.79 Å². The van der Waals surface area contributed by atoms with Crippen LogP contribution in [0.25, 0.3) is 16.8 Å². The van der Waals surface area contributed by atoms with E-state index in [0.29, 0.717) is 0 Å². The average Bonchev–Trinajstić information content (AvgIpc) is 2.62. The van der Waals surface area contributed by atoms with E-state index in [1.165, 1.54) is 0 Å². The molecule has 1 atom stereocenters. The number of aromatic nitrogens is 2. The predicted octanol–water partition coefficient (Wildman–Crippen LogP) is 3.19. The van der Waals surface area contributed by atoms with Crippen molar-refractivity contribution in [3.63, 3.8) is 0 Å². The van der Waals surface area contributed by atoms with E-state index < -0.39 is 0 Å². The first-order valence-electron chi connectivity index (χ1n) is 7.74. The standard InChI is InChI=1S/C19H20N2O3/c1-19(24-3)10-8-13(9-11-19)16-12-17(22)20-21-18(16)14-4-6-15(23-2)7-5-14/h4-10,12H,11H2,1-3H3,(H,20,22). The molecule has 124 valence electrons. The van der Waals surface area contributed by atoms with Crippen molar-refractivity contribution in [2.75, 3.05) is 14.2 Å². The van der Waals surface area contributed by atoms with Crippen molar-refractivity contribution in [1.82, 2.24) is 10.2 Å². The summed E-state index contributed by atoms with van der Waals surface area (Å²) in [5, 5.41) is 6.77. The summed E-state index contributed by atoms with van der Waals surface area (Å²) in [6.45, 7) is 2.03. The van der Waals surface area contributed by atoms with Gasteiger partial charge in [-0.15, -0.1) is 0 Å². The second kappa shape index (κ2) is 6.45. The molecule has 0 radical (unpaired) electrons. The lowest BCUT2D eigenvalue weighted by molar-refractivity contribution is 0.0508. The minimum absolute atomic E-state index is 0.225. The van der Waals surface area contributed by atoms with Gasteiger partial charge in [0, 0.05) is 24.3 Å². The van der Waals surface area contributed by atoms with Crippen molar-refractivity contribution >= 4 is 5.57 Å². The fraction of sp³-hybridized carbons (Fsp3) is 0.263. The first-order chi connectivity index (χ1) is 11.5. The predicted molar refractivity (Wildman–Crippen MR) is 94.0 cm³/mol. The first-order valence-corrected chi connectivity index (χ1v) is 7.74. The highest BCUT2D eigenvalue weighted by Gasteiger charge is 2.23. The van der Waals surface area contributed by atoms with E-state index >= 15 is 0 Å². The lowest BCUT2D eigenvalue weighted by Gasteiger charge is -2.26. The number of allylic oxidation sites excluding steroid dienone is 2. The van der Waals surface area contributed by atoms with E-state index in [4.69, 9.17) is 9.47 Å². The number of aromatic amines is 1. The highest BCUT2D eigenvalue weighted by atomic mass is 16.5. The molecule has 1 aliphatic rings. The number of ether oxygens (including phenoxy) is 2. The second-order valence-corrected chi connectivity index (χ2v) is 5.94. The van der Waals surface area contributed by atoms with Gasteiger partial charge in [-0.05, 0) is 43.2 Å². The third-order valence-corrected chi connectivity index (χ3v) is 4.29. The zero-order valence-corrected chi connectivity index (χ0v) is 14.0. The van der Waals surface area contributed by atoms with Crippen LogP contribution in [0.1, 0.15) is 18.9 Å². The molecule has 0 saturated heterocycles. The number of hydrogen-bond acceptors (Lipinski definition) is 4. The maximum absolute atomic E-state index is 11.8. The number of rotatable bonds is 4. The van der Waals surface area contributed by atoms with E-state index in [1.807, 2.05) is 43.3 Å². The van der Waals surface area contributed by atoms with Gasteiger partial charge in [-0.2, -0.15) is 5.10 Å². The van der Waals surface area contributed by atoms with Gasteiger partial charge in [-0.3, -0.25) is 4.79 Å². The van der Waals surface area contributed by atoms with Crippen LogP contribution >= 0.6 is 0 Å². The van der Waals surface area contributed by atoms with Gasteiger partial charge < -0.3 is 9.47 Å². The molecule has 0 amide bonds. The molecule has 1 aliphatic carbocycles. The average molecular weight is 324 g/mol. The Morgan fingerprint density at radius 2 is 1.96 bits per heavy atom. The molecular weight excluding hydrogens is 304 g/mol. The zero-order chi connectivity index (χ0) is 17.2. The van der Waals surface area contributed by atoms with Gasteiger partial charge in [-0.1, -0.05) is 18.2 Å². The first kappa shape index (κ1) is 16.2. The maximum atomic E-state index is 11.8. The van der Waals surface area contributed by atoms with Crippen LogP contribution in [0.4, 0.5) is 0 Å². The maximum Gasteiger partial charge on any atom is 0.264 e. The summed E-state index contributed by atoms with van der Waals surface area (Å²) >= 11 is 0. The molecule has 0 bridgehead atoms. The number of nitrogens with zero attached hydrogens (tertiary/aromatic N) is 1. The van der Waals surface area contributed by atoms with Crippen molar-refractivity contribution in [3.05, 3.63) is 64.5 Å². The molecule has 0 aliphatic heterocycles. The fourth-order valence-corrected chi connectivity index (χ4v) is 2.66. The van der Waals surface area contributed by atoms with E-state index in [0.717, 1.165) is 34.6 Å². The molecule has 1 unspecified atom stereocenters. The molecule has 1 heterocycles. The van der Waals surface area contributed by atoms with Gasteiger partial charge in [0.15, 0.2) is 0 Å².